The van der Waals surface area contributed by atoms with Crippen LogP contribution in [0.1, 0.15) is 31.1 Å². The van der Waals surface area contributed by atoms with Crippen LogP contribution in [-0.2, 0) is 0 Å². The van der Waals surface area contributed by atoms with Crippen LogP contribution in [0.3, 0.4) is 0 Å². The van der Waals surface area contributed by atoms with Gasteiger partial charge in [0, 0.05) is 0 Å². The van der Waals surface area contributed by atoms with Crippen molar-refractivity contribution in [3.05, 3.63) is 89.5 Å². The van der Waals surface area contributed by atoms with Gasteiger partial charge in [0.25, 0.3) is 0 Å². The van der Waals surface area contributed by atoms with Gasteiger partial charge in [-0.3, -0.25) is 0 Å². The van der Waals surface area contributed by atoms with E-state index in [2.05, 4.69) is 0 Å². The fraction of sp³-hybridized carbons (Fsp3) is 0. The lowest BCUT2D eigenvalue weighted by atomic mass is 10.1. The molecule has 0 spiro atoms. The molecular formula is C21H18O9. The fourth-order valence-electron chi connectivity index (χ4n) is 1.84. The van der Waals surface area contributed by atoms with E-state index in [1.807, 2.05) is 0 Å². The average Bonchev–Trinajstić information content (AvgIpc) is 2.71. The van der Waals surface area contributed by atoms with Crippen LogP contribution >= 0.6 is 0 Å². The Bertz CT molecular complexity index is 943. The van der Waals surface area contributed by atoms with E-state index >= 15 is 0 Å². The van der Waals surface area contributed by atoms with Gasteiger partial charge in [-0.25, -0.2) is 14.4 Å². The quantitative estimate of drug-likeness (QED) is 0.352. The molecular weight excluding hydrogens is 396 g/mol. The summed E-state index contributed by atoms with van der Waals surface area (Å²) in [5, 5.41) is 51.4. The van der Waals surface area contributed by atoms with Crippen LogP contribution in [0.2, 0.25) is 0 Å². The SMILES string of the molecule is O=C(O)c1ccc(O)cc1.O=C(O)c1cccc(C(=O)O)c1.Oc1ccc(O)cc1. The monoisotopic (exact) mass is 414 g/mol. The number of phenols is 3. The topological polar surface area (TPSA) is 173 Å². The molecule has 9 nitrogen and oxygen atoms in total. The third-order valence-electron chi connectivity index (χ3n) is 3.32. The first-order valence-electron chi connectivity index (χ1n) is 8.17. The van der Waals surface area contributed by atoms with Crippen molar-refractivity contribution >= 4 is 17.9 Å². The number of carboxylic acid groups (broad SMARTS) is 3. The van der Waals surface area contributed by atoms with Crippen molar-refractivity contribution in [2.45, 2.75) is 0 Å². The zero-order valence-electron chi connectivity index (χ0n) is 15.3. The first-order valence-corrected chi connectivity index (χ1v) is 8.17. The summed E-state index contributed by atoms with van der Waals surface area (Å²) >= 11 is 0. The van der Waals surface area contributed by atoms with E-state index in [1.165, 1.54) is 66.7 Å². The highest BCUT2D eigenvalue weighted by molar-refractivity contribution is 5.93. The predicted molar refractivity (Wildman–Crippen MR) is 105 cm³/mol. The molecule has 0 aliphatic rings. The Kier molecular flexibility index (Phi) is 8.89. The van der Waals surface area contributed by atoms with E-state index in [4.69, 9.17) is 30.6 Å². The van der Waals surface area contributed by atoms with Gasteiger partial charge >= 0.3 is 17.9 Å². The number of hydrogen-bond acceptors (Lipinski definition) is 6. The van der Waals surface area contributed by atoms with E-state index < -0.39 is 17.9 Å². The molecule has 0 unspecified atom stereocenters. The molecule has 9 heteroatoms. The van der Waals surface area contributed by atoms with Crippen molar-refractivity contribution in [3.63, 3.8) is 0 Å². The summed E-state index contributed by atoms with van der Waals surface area (Å²) in [6.45, 7) is 0. The molecule has 0 aliphatic carbocycles. The minimum absolute atomic E-state index is 0.0186. The van der Waals surface area contributed by atoms with E-state index in [0.717, 1.165) is 6.07 Å². The smallest absolute Gasteiger partial charge is 0.335 e. The highest BCUT2D eigenvalue weighted by Gasteiger charge is 2.06. The molecule has 0 fully saturated rings. The maximum Gasteiger partial charge on any atom is 0.335 e. The van der Waals surface area contributed by atoms with Crippen molar-refractivity contribution in [1.82, 2.24) is 0 Å². The Hall–Kier alpha value is -4.53. The molecule has 3 aromatic rings. The Balaban J connectivity index is 0.000000230. The van der Waals surface area contributed by atoms with Crippen LogP contribution in [-0.4, -0.2) is 48.5 Å². The van der Waals surface area contributed by atoms with E-state index in [1.54, 1.807) is 0 Å². The number of aromatic hydroxyl groups is 3. The molecule has 0 saturated heterocycles. The van der Waals surface area contributed by atoms with Crippen LogP contribution in [0.25, 0.3) is 0 Å². The second kappa shape index (κ2) is 11.3. The zero-order valence-corrected chi connectivity index (χ0v) is 15.3. The number of benzene rings is 3. The summed E-state index contributed by atoms with van der Waals surface area (Å²) in [5.41, 5.74) is 0.141. The highest BCUT2D eigenvalue weighted by Crippen LogP contribution is 2.13. The lowest BCUT2D eigenvalue weighted by Gasteiger charge is -1.95. The molecule has 0 bridgehead atoms. The zero-order chi connectivity index (χ0) is 22.7. The van der Waals surface area contributed by atoms with Gasteiger partial charge in [-0.05, 0) is 66.7 Å². The van der Waals surface area contributed by atoms with Crippen LogP contribution < -0.4 is 0 Å². The first kappa shape index (κ1) is 23.5. The Labute approximate surface area is 170 Å². The predicted octanol–water partition coefficient (Wildman–Crippen LogP) is 3.27. The van der Waals surface area contributed by atoms with Gasteiger partial charge in [-0.15, -0.1) is 0 Å². The third kappa shape index (κ3) is 8.44. The summed E-state index contributed by atoms with van der Waals surface area (Å²) < 4.78 is 0. The summed E-state index contributed by atoms with van der Waals surface area (Å²) in [6.07, 6.45) is 0. The van der Waals surface area contributed by atoms with Crippen molar-refractivity contribution < 1.29 is 45.0 Å². The number of hydrogen-bond donors (Lipinski definition) is 6. The number of phenolic OH excluding ortho intramolecular Hbond substituents is 3. The van der Waals surface area contributed by atoms with Crippen LogP contribution in [0.15, 0.2) is 72.8 Å². The largest absolute Gasteiger partial charge is 0.508 e. The molecule has 0 heterocycles. The number of carboxylic acids is 3. The van der Waals surface area contributed by atoms with Gasteiger partial charge in [-0.2, -0.15) is 0 Å². The number of carbonyl (C=O) groups is 3. The van der Waals surface area contributed by atoms with E-state index in [-0.39, 0.29) is 33.9 Å². The van der Waals surface area contributed by atoms with Gasteiger partial charge in [0.2, 0.25) is 0 Å². The molecule has 0 saturated carbocycles. The van der Waals surface area contributed by atoms with Crippen molar-refractivity contribution in [2.24, 2.45) is 0 Å². The van der Waals surface area contributed by atoms with Crippen LogP contribution in [0.5, 0.6) is 17.2 Å². The van der Waals surface area contributed by atoms with Gasteiger partial charge in [-0.1, -0.05) is 6.07 Å². The van der Waals surface area contributed by atoms with Crippen molar-refractivity contribution in [2.75, 3.05) is 0 Å². The Morgan fingerprint density at radius 2 is 0.767 bits per heavy atom. The standard InChI is InChI=1S/C8H6O4.C7H6O3.C6H6O2/c9-7(10)5-2-1-3-6(4-5)8(11)12;8-6-3-1-5(2-4-6)7(9)10;7-5-1-2-6(8)4-3-5/h1-4H,(H,9,10)(H,11,12);1-4,8H,(H,9,10);1-4,7-8H. The molecule has 0 atom stereocenters. The minimum Gasteiger partial charge on any atom is -0.508 e. The Morgan fingerprint density at radius 3 is 1.07 bits per heavy atom. The molecule has 0 amide bonds. The molecule has 3 aromatic carbocycles. The number of aromatic carboxylic acids is 3. The summed E-state index contributed by atoms with van der Waals surface area (Å²) in [5.74, 6) is -2.83. The van der Waals surface area contributed by atoms with Gasteiger partial charge in [0.1, 0.15) is 17.2 Å². The van der Waals surface area contributed by atoms with Gasteiger partial charge in [0.05, 0.1) is 16.7 Å². The molecule has 6 N–H and O–H groups in total. The minimum atomic E-state index is -1.13. The second-order valence-electron chi connectivity index (χ2n) is 5.56. The normalized spacial score (nSPS) is 9.20. The van der Waals surface area contributed by atoms with E-state index in [9.17, 15) is 14.4 Å². The second-order valence-corrected chi connectivity index (χ2v) is 5.56. The molecule has 0 radical (unpaired) electrons. The van der Waals surface area contributed by atoms with Gasteiger partial charge < -0.3 is 30.6 Å². The first-order chi connectivity index (χ1) is 14.1. The molecule has 0 aromatic heterocycles. The Morgan fingerprint density at radius 1 is 0.467 bits per heavy atom. The van der Waals surface area contributed by atoms with Crippen molar-refractivity contribution in [3.8, 4) is 17.2 Å². The number of rotatable bonds is 3. The van der Waals surface area contributed by atoms with Crippen molar-refractivity contribution in [1.29, 1.82) is 0 Å². The molecule has 3 rings (SSSR count). The fourth-order valence-corrected chi connectivity index (χ4v) is 1.84. The lowest BCUT2D eigenvalue weighted by Crippen LogP contribution is -2.01. The molecule has 156 valence electrons. The average molecular weight is 414 g/mol. The molecule has 0 aliphatic heterocycles. The molecule has 30 heavy (non-hydrogen) atoms. The third-order valence-corrected chi connectivity index (χ3v) is 3.32. The summed E-state index contributed by atoms with van der Waals surface area (Å²) in [7, 11) is 0. The summed E-state index contributed by atoms with van der Waals surface area (Å²) in [4.78, 5) is 31.0. The van der Waals surface area contributed by atoms with Crippen LogP contribution in [0, 0.1) is 0 Å². The highest BCUT2D eigenvalue weighted by atomic mass is 16.4. The van der Waals surface area contributed by atoms with E-state index in [0.29, 0.717) is 0 Å². The summed E-state index contributed by atoms with van der Waals surface area (Å²) in [6, 6.07) is 16.3. The maximum absolute atomic E-state index is 10.4. The van der Waals surface area contributed by atoms with Gasteiger partial charge in [0.15, 0.2) is 0 Å². The van der Waals surface area contributed by atoms with Crippen LogP contribution in [0.4, 0.5) is 0 Å². The lowest BCUT2D eigenvalue weighted by molar-refractivity contribution is 0.0682. The maximum atomic E-state index is 10.4.